The van der Waals surface area contributed by atoms with Crippen LogP contribution in [0, 0.1) is 13.8 Å². The minimum Gasteiger partial charge on any atom is -0.383 e. The molecule has 134 valence electrons. The molecule has 1 aliphatic carbocycles. The van der Waals surface area contributed by atoms with Gasteiger partial charge in [0.1, 0.15) is 0 Å². The Morgan fingerprint density at radius 1 is 1.28 bits per heavy atom. The van der Waals surface area contributed by atoms with Crippen molar-refractivity contribution in [1.82, 2.24) is 4.57 Å². The number of Topliss-reactive ketones (excluding diaryl/α,β-unsaturated/α-hetero) is 1. The highest BCUT2D eigenvalue weighted by atomic mass is 16.5. The lowest BCUT2D eigenvalue weighted by molar-refractivity contribution is -0.683. The number of hydrogen-bond acceptors (Lipinski definition) is 2. The van der Waals surface area contributed by atoms with Gasteiger partial charge < -0.3 is 9.30 Å². The van der Waals surface area contributed by atoms with Gasteiger partial charge in [0.15, 0.2) is 12.4 Å². The van der Waals surface area contributed by atoms with Crippen LogP contribution in [0.4, 0.5) is 0 Å². The molecule has 0 fully saturated rings. The summed E-state index contributed by atoms with van der Waals surface area (Å²) >= 11 is 0. The lowest BCUT2D eigenvalue weighted by Crippen LogP contribution is -2.38. The zero-order chi connectivity index (χ0) is 18.0. The lowest BCUT2D eigenvalue weighted by Gasteiger charge is -2.17. The van der Waals surface area contributed by atoms with E-state index in [2.05, 4.69) is 36.9 Å². The SMILES string of the molecule is COC[C@@H](C)n1c(C)cc(C(=O)C[n+]2ccc3c(c2)CCCC3)c1C. The molecular formula is C21H29N2O2+. The van der Waals surface area contributed by atoms with Crippen molar-refractivity contribution < 1.29 is 14.1 Å². The van der Waals surface area contributed by atoms with Gasteiger partial charge in [0, 0.05) is 35.7 Å². The van der Waals surface area contributed by atoms with Gasteiger partial charge in [0.05, 0.1) is 12.6 Å². The van der Waals surface area contributed by atoms with Crippen LogP contribution < -0.4 is 4.57 Å². The van der Waals surface area contributed by atoms with E-state index in [1.165, 1.54) is 30.4 Å². The first-order valence-corrected chi connectivity index (χ1v) is 9.22. The number of ether oxygens (including phenoxy) is 1. The summed E-state index contributed by atoms with van der Waals surface area (Å²) < 4.78 is 9.52. The van der Waals surface area contributed by atoms with Gasteiger partial charge in [-0.1, -0.05) is 0 Å². The summed E-state index contributed by atoms with van der Waals surface area (Å²) in [5.74, 6) is 0.171. The molecule has 0 saturated carbocycles. The van der Waals surface area contributed by atoms with Crippen molar-refractivity contribution in [2.75, 3.05) is 13.7 Å². The lowest BCUT2D eigenvalue weighted by atomic mass is 9.93. The van der Waals surface area contributed by atoms with Crippen molar-refractivity contribution >= 4 is 5.78 Å². The van der Waals surface area contributed by atoms with Crippen molar-refractivity contribution in [3.05, 3.63) is 52.6 Å². The number of carbonyl (C=O) groups is 1. The molecule has 0 amide bonds. The Bertz CT molecular complexity index is 776. The second kappa shape index (κ2) is 7.52. The molecule has 2 aromatic heterocycles. The van der Waals surface area contributed by atoms with Gasteiger partial charge in [-0.25, -0.2) is 0 Å². The Labute approximate surface area is 150 Å². The van der Waals surface area contributed by atoms with E-state index in [4.69, 9.17) is 4.74 Å². The predicted octanol–water partition coefficient (Wildman–Crippen LogP) is 3.36. The Kier molecular flexibility index (Phi) is 5.38. The number of aryl methyl sites for hydroxylation is 3. The number of carbonyl (C=O) groups excluding carboxylic acids is 1. The Morgan fingerprint density at radius 2 is 2.00 bits per heavy atom. The standard InChI is InChI=1S/C21H29N2O2/c1-15-11-20(17(3)23(15)16(2)14-25-4)21(24)13-22-10-9-18-7-5-6-8-19(18)12-22/h9-12,16H,5-8,13-14H2,1-4H3/q+1/t16-/m1/s1. The molecule has 0 aromatic carbocycles. The van der Waals surface area contributed by atoms with E-state index in [0.717, 1.165) is 23.4 Å². The van der Waals surface area contributed by atoms with Crippen molar-refractivity contribution in [3.63, 3.8) is 0 Å². The molecule has 0 unspecified atom stereocenters. The van der Waals surface area contributed by atoms with Crippen molar-refractivity contribution in [1.29, 1.82) is 0 Å². The molecule has 0 bridgehead atoms. The minimum absolute atomic E-state index is 0.171. The van der Waals surface area contributed by atoms with E-state index in [9.17, 15) is 4.79 Å². The largest absolute Gasteiger partial charge is 0.383 e. The second-order valence-electron chi connectivity index (χ2n) is 7.26. The Balaban J connectivity index is 1.81. The molecule has 0 aliphatic heterocycles. The molecule has 25 heavy (non-hydrogen) atoms. The van der Waals surface area contributed by atoms with E-state index >= 15 is 0 Å². The van der Waals surface area contributed by atoms with Crippen molar-refractivity contribution in [2.45, 2.75) is 59.0 Å². The van der Waals surface area contributed by atoms with E-state index < -0.39 is 0 Å². The molecule has 1 aliphatic rings. The van der Waals surface area contributed by atoms with Crippen LogP contribution in [0.25, 0.3) is 0 Å². The fraction of sp³-hybridized carbons (Fsp3) is 0.524. The van der Waals surface area contributed by atoms with Gasteiger partial charge in [0.2, 0.25) is 12.3 Å². The van der Waals surface area contributed by atoms with Crippen LogP contribution in [0.5, 0.6) is 0 Å². The molecule has 4 nitrogen and oxygen atoms in total. The number of fused-ring (bicyclic) bond motifs is 1. The topological polar surface area (TPSA) is 35.1 Å². The molecular weight excluding hydrogens is 312 g/mol. The molecule has 4 heteroatoms. The maximum atomic E-state index is 12.9. The fourth-order valence-electron chi connectivity index (χ4n) is 4.12. The second-order valence-corrected chi connectivity index (χ2v) is 7.26. The molecule has 0 saturated heterocycles. The van der Waals surface area contributed by atoms with E-state index in [1.54, 1.807) is 7.11 Å². The average Bonchev–Trinajstić information content (AvgIpc) is 2.89. The Morgan fingerprint density at radius 3 is 2.72 bits per heavy atom. The van der Waals surface area contributed by atoms with Crippen LogP contribution in [0.3, 0.4) is 0 Å². The normalized spacial score (nSPS) is 15.0. The van der Waals surface area contributed by atoms with Gasteiger partial charge in [-0.3, -0.25) is 4.79 Å². The first-order chi connectivity index (χ1) is 12.0. The number of ketones is 1. The fourth-order valence-corrected chi connectivity index (χ4v) is 4.12. The van der Waals surface area contributed by atoms with Crippen LogP contribution in [-0.4, -0.2) is 24.1 Å². The smallest absolute Gasteiger partial charge is 0.229 e. The summed E-state index contributed by atoms with van der Waals surface area (Å²) in [6.45, 7) is 7.25. The first kappa shape index (κ1) is 17.9. The summed E-state index contributed by atoms with van der Waals surface area (Å²) in [5.41, 5.74) is 5.82. The maximum absolute atomic E-state index is 12.9. The van der Waals surface area contributed by atoms with Gasteiger partial charge in [0.25, 0.3) is 0 Å². The van der Waals surface area contributed by atoms with Gasteiger partial charge in [-0.2, -0.15) is 4.57 Å². The highest BCUT2D eigenvalue weighted by molar-refractivity contribution is 5.96. The summed E-state index contributed by atoms with van der Waals surface area (Å²) in [4.78, 5) is 12.9. The summed E-state index contributed by atoms with van der Waals surface area (Å²) in [7, 11) is 1.71. The first-order valence-electron chi connectivity index (χ1n) is 9.22. The Hall–Kier alpha value is -1.94. The number of rotatable bonds is 6. The third-order valence-electron chi connectivity index (χ3n) is 5.30. The van der Waals surface area contributed by atoms with Crippen molar-refractivity contribution in [2.24, 2.45) is 0 Å². The number of nitrogens with zero attached hydrogens (tertiary/aromatic N) is 2. The third-order valence-corrected chi connectivity index (χ3v) is 5.30. The number of pyridine rings is 1. The van der Waals surface area contributed by atoms with Crippen LogP contribution in [0.2, 0.25) is 0 Å². The van der Waals surface area contributed by atoms with Gasteiger partial charge in [-0.15, -0.1) is 0 Å². The minimum atomic E-state index is 0.171. The molecule has 2 heterocycles. The van der Waals surface area contributed by atoms with Gasteiger partial charge in [-0.05, 0) is 58.1 Å². The maximum Gasteiger partial charge on any atom is 0.229 e. The molecule has 1 atom stereocenters. The van der Waals surface area contributed by atoms with E-state index in [-0.39, 0.29) is 11.8 Å². The number of hydrogen-bond donors (Lipinski definition) is 0. The van der Waals surface area contributed by atoms with Gasteiger partial charge >= 0.3 is 0 Å². The van der Waals surface area contributed by atoms with Crippen LogP contribution in [-0.2, 0) is 24.1 Å². The predicted molar refractivity (Wildman–Crippen MR) is 98.1 cm³/mol. The number of methoxy groups -OCH3 is 1. The van der Waals surface area contributed by atoms with Crippen LogP contribution in [0.15, 0.2) is 24.5 Å². The summed E-state index contributed by atoms with van der Waals surface area (Å²) in [6.07, 6.45) is 9.05. The summed E-state index contributed by atoms with van der Waals surface area (Å²) in [5, 5.41) is 0. The van der Waals surface area contributed by atoms with Crippen LogP contribution >= 0.6 is 0 Å². The molecule has 3 rings (SSSR count). The summed E-state index contributed by atoms with van der Waals surface area (Å²) in [6, 6.07) is 4.43. The third kappa shape index (κ3) is 3.69. The highest BCUT2D eigenvalue weighted by Gasteiger charge is 2.22. The van der Waals surface area contributed by atoms with E-state index in [1.807, 2.05) is 17.6 Å². The number of aromatic nitrogens is 2. The zero-order valence-corrected chi connectivity index (χ0v) is 15.8. The molecule has 2 aromatic rings. The zero-order valence-electron chi connectivity index (χ0n) is 15.8. The van der Waals surface area contributed by atoms with E-state index in [0.29, 0.717) is 13.2 Å². The average molecular weight is 341 g/mol. The molecule has 0 N–H and O–H groups in total. The molecule has 0 radical (unpaired) electrons. The molecule has 0 spiro atoms. The quantitative estimate of drug-likeness (QED) is 0.596. The van der Waals surface area contributed by atoms with Crippen LogP contribution in [0.1, 0.15) is 58.7 Å². The highest BCUT2D eigenvalue weighted by Crippen LogP contribution is 2.22. The van der Waals surface area contributed by atoms with Crippen molar-refractivity contribution in [3.8, 4) is 0 Å². The monoisotopic (exact) mass is 341 g/mol.